The Hall–Kier alpha value is -2.89. The highest BCUT2D eigenvalue weighted by atomic mass is 16.5. The van der Waals surface area contributed by atoms with E-state index in [1.807, 2.05) is 13.8 Å². The summed E-state index contributed by atoms with van der Waals surface area (Å²) in [6, 6.07) is 10.1. The largest absolute Gasteiger partial charge is 0.497 e. The average Bonchev–Trinajstić information content (AvgIpc) is 2.61. The molecule has 6 nitrogen and oxygen atoms in total. The number of ether oxygens (including phenoxy) is 1. The maximum absolute atomic E-state index is 12.4. The van der Waals surface area contributed by atoms with Gasteiger partial charge in [0.2, 0.25) is 0 Å². The van der Waals surface area contributed by atoms with Crippen molar-refractivity contribution < 1.29 is 14.3 Å². The van der Waals surface area contributed by atoms with Crippen molar-refractivity contribution in [1.82, 2.24) is 10.3 Å². The monoisotopic (exact) mass is 327 g/mol. The van der Waals surface area contributed by atoms with E-state index in [9.17, 15) is 9.59 Å². The fourth-order valence-electron chi connectivity index (χ4n) is 2.00. The number of anilines is 1. The Labute approximate surface area is 141 Å². The van der Waals surface area contributed by atoms with Crippen molar-refractivity contribution in [3.05, 3.63) is 53.9 Å². The lowest BCUT2D eigenvalue weighted by Crippen LogP contribution is -2.32. The molecule has 2 aromatic rings. The summed E-state index contributed by atoms with van der Waals surface area (Å²) in [6.07, 6.45) is 2.27. The maximum atomic E-state index is 12.4. The van der Waals surface area contributed by atoms with Crippen LogP contribution in [0.15, 0.2) is 42.6 Å². The normalized spacial score (nSPS) is 11.5. The topological polar surface area (TPSA) is 80.3 Å². The fourth-order valence-corrected chi connectivity index (χ4v) is 2.00. The van der Waals surface area contributed by atoms with E-state index in [1.54, 1.807) is 37.4 Å². The molecule has 0 aliphatic heterocycles. The van der Waals surface area contributed by atoms with Crippen LogP contribution in [0, 0.1) is 0 Å². The molecule has 2 N–H and O–H groups in total. The second-order valence-corrected chi connectivity index (χ2v) is 5.40. The van der Waals surface area contributed by atoms with Crippen LogP contribution in [0.25, 0.3) is 0 Å². The number of nitrogens with one attached hydrogen (secondary N) is 2. The number of pyridine rings is 1. The zero-order valence-corrected chi connectivity index (χ0v) is 14.0. The van der Waals surface area contributed by atoms with Gasteiger partial charge in [0.15, 0.2) is 0 Å². The van der Waals surface area contributed by atoms with Crippen molar-refractivity contribution in [2.24, 2.45) is 0 Å². The van der Waals surface area contributed by atoms with Gasteiger partial charge in [-0.3, -0.25) is 14.6 Å². The Morgan fingerprint density at radius 3 is 2.71 bits per heavy atom. The first-order valence-corrected chi connectivity index (χ1v) is 7.75. The van der Waals surface area contributed by atoms with Crippen molar-refractivity contribution in [2.75, 3.05) is 12.4 Å². The van der Waals surface area contributed by atoms with E-state index >= 15 is 0 Å². The van der Waals surface area contributed by atoms with Crippen LogP contribution >= 0.6 is 0 Å². The van der Waals surface area contributed by atoms with Gasteiger partial charge in [0.1, 0.15) is 11.4 Å². The number of carbonyl (C=O) groups is 2. The van der Waals surface area contributed by atoms with Gasteiger partial charge in [0.25, 0.3) is 11.8 Å². The van der Waals surface area contributed by atoms with Gasteiger partial charge in [0.05, 0.1) is 7.11 Å². The van der Waals surface area contributed by atoms with Crippen LogP contribution < -0.4 is 15.4 Å². The molecule has 1 unspecified atom stereocenters. The minimum Gasteiger partial charge on any atom is -0.497 e. The molecule has 1 heterocycles. The number of nitrogens with zero attached hydrogens (tertiary/aromatic N) is 1. The van der Waals surface area contributed by atoms with Gasteiger partial charge in [0, 0.05) is 29.6 Å². The maximum Gasteiger partial charge on any atom is 0.270 e. The minimum atomic E-state index is -0.316. The van der Waals surface area contributed by atoms with Crippen LogP contribution in [0.4, 0.5) is 5.69 Å². The lowest BCUT2D eigenvalue weighted by Gasteiger charge is -2.11. The number of hydrogen-bond acceptors (Lipinski definition) is 4. The van der Waals surface area contributed by atoms with Gasteiger partial charge < -0.3 is 15.4 Å². The van der Waals surface area contributed by atoms with Crippen molar-refractivity contribution >= 4 is 17.5 Å². The van der Waals surface area contributed by atoms with Crippen LogP contribution in [0.3, 0.4) is 0 Å². The molecule has 24 heavy (non-hydrogen) atoms. The van der Waals surface area contributed by atoms with E-state index in [2.05, 4.69) is 15.6 Å². The Balaban J connectivity index is 2.12. The number of rotatable bonds is 6. The second-order valence-electron chi connectivity index (χ2n) is 5.40. The highest BCUT2D eigenvalue weighted by Crippen LogP contribution is 2.17. The highest BCUT2D eigenvalue weighted by molar-refractivity contribution is 6.05. The van der Waals surface area contributed by atoms with Gasteiger partial charge in [-0.2, -0.15) is 0 Å². The molecule has 0 spiro atoms. The summed E-state index contributed by atoms with van der Waals surface area (Å²) >= 11 is 0. The van der Waals surface area contributed by atoms with Crippen LogP contribution in [0.2, 0.25) is 0 Å². The second kappa shape index (κ2) is 8.10. The Kier molecular flexibility index (Phi) is 5.89. The molecule has 0 bridgehead atoms. The van der Waals surface area contributed by atoms with Gasteiger partial charge >= 0.3 is 0 Å². The van der Waals surface area contributed by atoms with Gasteiger partial charge in [-0.15, -0.1) is 0 Å². The van der Waals surface area contributed by atoms with Gasteiger partial charge in [-0.25, -0.2) is 0 Å². The smallest absolute Gasteiger partial charge is 0.270 e. The summed E-state index contributed by atoms with van der Waals surface area (Å²) < 4.78 is 5.13. The number of benzene rings is 1. The third-order valence-corrected chi connectivity index (χ3v) is 3.57. The van der Waals surface area contributed by atoms with Crippen molar-refractivity contribution in [1.29, 1.82) is 0 Å². The Morgan fingerprint density at radius 1 is 1.21 bits per heavy atom. The summed E-state index contributed by atoms with van der Waals surface area (Å²) in [7, 11) is 1.56. The van der Waals surface area contributed by atoms with Gasteiger partial charge in [-0.05, 0) is 37.6 Å². The number of amides is 2. The molecule has 0 saturated heterocycles. The third kappa shape index (κ3) is 4.55. The van der Waals surface area contributed by atoms with Crippen molar-refractivity contribution in [3.63, 3.8) is 0 Å². The molecule has 0 radical (unpaired) electrons. The first-order chi connectivity index (χ1) is 11.5. The molecule has 6 heteroatoms. The summed E-state index contributed by atoms with van der Waals surface area (Å²) in [5.74, 6) is 0.0415. The van der Waals surface area contributed by atoms with E-state index in [0.29, 0.717) is 17.0 Å². The molecule has 1 atom stereocenters. The third-order valence-electron chi connectivity index (χ3n) is 3.57. The van der Waals surface area contributed by atoms with Crippen molar-refractivity contribution in [2.45, 2.75) is 26.3 Å². The van der Waals surface area contributed by atoms with Crippen LogP contribution in [0.5, 0.6) is 5.75 Å². The standard InChI is InChI=1S/C18H21N3O3/c1-4-12(2)20-18(23)16-10-13(8-9-19-16)17(22)21-14-6-5-7-15(11-14)24-3/h5-12H,4H2,1-3H3,(H,20,23)(H,21,22). The Bertz CT molecular complexity index is 731. The lowest BCUT2D eigenvalue weighted by molar-refractivity contribution is 0.0934. The summed E-state index contributed by atoms with van der Waals surface area (Å²) in [6.45, 7) is 3.90. The number of methoxy groups -OCH3 is 1. The van der Waals surface area contributed by atoms with Crippen LogP contribution in [-0.2, 0) is 0 Å². The predicted molar refractivity (Wildman–Crippen MR) is 92.4 cm³/mol. The molecule has 2 amide bonds. The first-order valence-electron chi connectivity index (χ1n) is 7.75. The molecule has 1 aromatic carbocycles. The molecule has 126 valence electrons. The highest BCUT2D eigenvalue weighted by Gasteiger charge is 2.13. The van der Waals surface area contributed by atoms with E-state index in [-0.39, 0.29) is 23.6 Å². The molecular formula is C18H21N3O3. The van der Waals surface area contributed by atoms with E-state index in [0.717, 1.165) is 6.42 Å². The summed E-state index contributed by atoms with van der Waals surface area (Å²) in [5, 5.41) is 5.60. The molecule has 0 saturated carbocycles. The molecule has 0 fully saturated rings. The van der Waals surface area contributed by atoms with E-state index in [1.165, 1.54) is 12.3 Å². The van der Waals surface area contributed by atoms with Crippen LogP contribution in [-0.4, -0.2) is 29.9 Å². The lowest BCUT2D eigenvalue weighted by atomic mass is 10.2. The van der Waals surface area contributed by atoms with Crippen molar-refractivity contribution in [3.8, 4) is 5.75 Å². The summed E-state index contributed by atoms with van der Waals surface area (Å²) in [4.78, 5) is 28.5. The zero-order chi connectivity index (χ0) is 17.5. The minimum absolute atomic E-state index is 0.0496. The molecule has 2 rings (SSSR count). The number of hydrogen-bond donors (Lipinski definition) is 2. The Morgan fingerprint density at radius 2 is 2.00 bits per heavy atom. The molecular weight excluding hydrogens is 306 g/mol. The number of carbonyl (C=O) groups excluding carboxylic acids is 2. The zero-order valence-electron chi connectivity index (χ0n) is 14.0. The predicted octanol–water partition coefficient (Wildman–Crippen LogP) is 2.87. The quantitative estimate of drug-likeness (QED) is 0.855. The SMILES string of the molecule is CCC(C)NC(=O)c1cc(C(=O)Nc2cccc(OC)c2)ccn1. The van der Waals surface area contributed by atoms with E-state index < -0.39 is 0 Å². The van der Waals surface area contributed by atoms with E-state index in [4.69, 9.17) is 4.74 Å². The average molecular weight is 327 g/mol. The van der Waals surface area contributed by atoms with Gasteiger partial charge in [-0.1, -0.05) is 13.0 Å². The summed E-state index contributed by atoms with van der Waals surface area (Å²) in [5.41, 5.74) is 1.19. The first kappa shape index (κ1) is 17.5. The molecule has 1 aromatic heterocycles. The van der Waals surface area contributed by atoms with Crippen LogP contribution in [0.1, 0.15) is 41.1 Å². The number of aromatic nitrogens is 1. The fraction of sp³-hybridized carbons (Fsp3) is 0.278. The molecule has 0 aliphatic carbocycles. The molecule has 0 aliphatic rings.